The van der Waals surface area contributed by atoms with Gasteiger partial charge >= 0.3 is 0 Å². The zero-order valence-electron chi connectivity index (χ0n) is 16.9. The summed E-state index contributed by atoms with van der Waals surface area (Å²) >= 11 is 0. The van der Waals surface area contributed by atoms with Gasteiger partial charge in [0.2, 0.25) is 27.6 Å². The molecule has 1 fully saturated rings. The zero-order chi connectivity index (χ0) is 22.2. The second-order valence-electron chi connectivity index (χ2n) is 7.55. The van der Waals surface area contributed by atoms with Crippen LogP contribution in [0, 0.1) is 12.7 Å². The van der Waals surface area contributed by atoms with Gasteiger partial charge in [0, 0.05) is 17.2 Å². The first-order valence-corrected chi connectivity index (χ1v) is 11.2. The number of nitrogens with zero attached hydrogens (tertiary/aromatic N) is 2. The molecule has 1 atom stereocenters. The van der Waals surface area contributed by atoms with Crippen molar-refractivity contribution in [3.63, 3.8) is 0 Å². The van der Waals surface area contributed by atoms with Crippen molar-refractivity contribution in [2.75, 3.05) is 5.32 Å². The van der Waals surface area contributed by atoms with Crippen LogP contribution in [-0.2, 0) is 14.8 Å². The monoisotopic (exact) mass is 444 g/mol. The van der Waals surface area contributed by atoms with E-state index in [-0.39, 0.29) is 16.5 Å². The number of nitrogens with one attached hydrogen (secondary N) is 2. The van der Waals surface area contributed by atoms with Gasteiger partial charge in [-0.1, -0.05) is 23.4 Å². The van der Waals surface area contributed by atoms with Crippen molar-refractivity contribution in [2.45, 2.75) is 43.5 Å². The molecule has 0 spiro atoms. The topological polar surface area (TPSA) is 114 Å². The lowest BCUT2D eigenvalue weighted by Gasteiger charge is -2.16. The Hall–Kier alpha value is -3.11. The first-order valence-electron chi connectivity index (χ1n) is 9.76. The second kappa shape index (κ2) is 8.20. The van der Waals surface area contributed by atoms with E-state index in [9.17, 15) is 17.6 Å². The molecule has 8 nitrogen and oxygen atoms in total. The lowest BCUT2D eigenvalue weighted by Crippen LogP contribution is -2.41. The predicted molar refractivity (Wildman–Crippen MR) is 111 cm³/mol. The van der Waals surface area contributed by atoms with Crippen LogP contribution in [0.1, 0.15) is 37.1 Å². The first-order chi connectivity index (χ1) is 14.7. The molecular formula is C21H21FN4O4S. The number of benzene rings is 2. The maximum absolute atomic E-state index is 13.3. The van der Waals surface area contributed by atoms with Crippen LogP contribution in [0.15, 0.2) is 51.9 Å². The first kappa shape index (κ1) is 21.1. The third-order valence-electron chi connectivity index (χ3n) is 4.92. The summed E-state index contributed by atoms with van der Waals surface area (Å²) in [5.74, 6) is 0.0324. The molecule has 162 valence electrons. The van der Waals surface area contributed by atoms with E-state index in [4.69, 9.17) is 4.52 Å². The Labute approximate surface area is 178 Å². The highest BCUT2D eigenvalue weighted by Crippen LogP contribution is 2.39. The number of amides is 1. The van der Waals surface area contributed by atoms with Gasteiger partial charge in [0.05, 0.1) is 10.9 Å². The van der Waals surface area contributed by atoms with Crippen LogP contribution >= 0.6 is 0 Å². The fourth-order valence-electron chi connectivity index (χ4n) is 3.04. The third kappa shape index (κ3) is 4.80. The molecule has 2 aromatic carbocycles. The molecule has 1 aliphatic rings. The minimum absolute atomic E-state index is 0.00757. The van der Waals surface area contributed by atoms with Gasteiger partial charge in [-0.25, -0.2) is 12.8 Å². The molecule has 1 aliphatic carbocycles. The number of sulfonamides is 1. The fourth-order valence-corrected chi connectivity index (χ4v) is 4.52. The Morgan fingerprint density at radius 1 is 1.23 bits per heavy atom. The van der Waals surface area contributed by atoms with Crippen LogP contribution in [0.4, 0.5) is 10.1 Å². The van der Waals surface area contributed by atoms with Crippen LogP contribution in [0.25, 0.3) is 11.4 Å². The number of carbonyl (C=O) groups is 1. The number of aromatic nitrogens is 2. The highest BCUT2D eigenvalue weighted by atomic mass is 32.2. The average Bonchev–Trinajstić information content (AvgIpc) is 3.45. The minimum atomic E-state index is -4.03. The maximum Gasteiger partial charge on any atom is 0.242 e. The molecule has 10 heteroatoms. The smallest absolute Gasteiger partial charge is 0.242 e. The number of halogens is 1. The van der Waals surface area contributed by atoms with Gasteiger partial charge in [-0.3, -0.25) is 4.79 Å². The largest absolute Gasteiger partial charge is 0.339 e. The lowest BCUT2D eigenvalue weighted by atomic mass is 10.1. The Morgan fingerprint density at radius 3 is 2.71 bits per heavy atom. The Balaban J connectivity index is 1.52. The van der Waals surface area contributed by atoms with E-state index in [1.54, 1.807) is 19.1 Å². The summed E-state index contributed by atoms with van der Waals surface area (Å²) in [4.78, 5) is 16.7. The van der Waals surface area contributed by atoms with Crippen LogP contribution < -0.4 is 10.0 Å². The van der Waals surface area contributed by atoms with Gasteiger partial charge in [0.25, 0.3) is 0 Å². The van der Waals surface area contributed by atoms with Crippen LogP contribution in [-0.4, -0.2) is 30.5 Å². The molecule has 0 saturated heterocycles. The van der Waals surface area contributed by atoms with Gasteiger partial charge in [-0.15, -0.1) is 0 Å². The van der Waals surface area contributed by atoms with Gasteiger partial charge in [0.1, 0.15) is 5.82 Å². The normalized spacial score (nSPS) is 14.9. The number of hydrogen-bond acceptors (Lipinski definition) is 6. The molecule has 2 N–H and O–H groups in total. The van der Waals surface area contributed by atoms with Crippen molar-refractivity contribution in [1.82, 2.24) is 14.9 Å². The van der Waals surface area contributed by atoms with E-state index in [1.807, 2.05) is 0 Å². The molecule has 0 aliphatic heterocycles. The maximum atomic E-state index is 13.3. The van der Waals surface area contributed by atoms with E-state index in [0.717, 1.165) is 18.9 Å². The summed E-state index contributed by atoms with van der Waals surface area (Å²) in [6.45, 7) is 3.06. The summed E-state index contributed by atoms with van der Waals surface area (Å²) in [7, 11) is -4.03. The number of carbonyl (C=O) groups excluding carboxylic acids is 1. The Bertz CT molecular complexity index is 1240. The van der Waals surface area contributed by atoms with Crippen LogP contribution in [0.3, 0.4) is 0 Å². The third-order valence-corrected chi connectivity index (χ3v) is 6.60. The van der Waals surface area contributed by atoms with Gasteiger partial charge < -0.3 is 9.84 Å². The molecule has 3 aromatic rings. The van der Waals surface area contributed by atoms with Crippen LogP contribution in [0.5, 0.6) is 0 Å². The molecule has 31 heavy (non-hydrogen) atoms. The van der Waals surface area contributed by atoms with Crippen LogP contribution in [0.2, 0.25) is 0 Å². The minimum Gasteiger partial charge on any atom is -0.339 e. The highest BCUT2D eigenvalue weighted by Gasteiger charge is 2.30. The molecule has 1 saturated carbocycles. The molecule has 1 amide bonds. The standard InChI is InChI=1S/C21H21FN4O4S/c1-12-6-7-15(19-24-21(30-25-19)14-8-9-14)10-18(12)31(28,29)26-13(2)20(27)23-17-5-3-4-16(22)11-17/h3-7,10-11,13-14,26H,8-9H2,1-2H3,(H,23,27). The van der Waals surface area contributed by atoms with E-state index >= 15 is 0 Å². The number of anilines is 1. The van der Waals surface area contributed by atoms with Gasteiger partial charge in [0.15, 0.2) is 0 Å². The SMILES string of the molecule is Cc1ccc(-c2noc(C3CC3)n2)cc1S(=O)(=O)NC(C)C(=O)Nc1cccc(F)c1. The zero-order valence-corrected chi connectivity index (χ0v) is 17.7. The number of hydrogen-bond donors (Lipinski definition) is 2. The molecule has 4 rings (SSSR count). The summed E-state index contributed by atoms with van der Waals surface area (Å²) in [6, 6.07) is 9.07. The second-order valence-corrected chi connectivity index (χ2v) is 9.24. The van der Waals surface area contributed by atoms with E-state index in [1.165, 1.54) is 31.2 Å². The van der Waals surface area contributed by atoms with Crippen molar-refractivity contribution in [3.05, 3.63) is 59.7 Å². The summed E-state index contributed by atoms with van der Waals surface area (Å²) in [5.41, 5.74) is 1.23. The van der Waals surface area contributed by atoms with Crippen molar-refractivity contribution in [1.29, 1.82) is 0 Å². The molecule has 0 radical (unpaired) electrons. The summed E-state index contributed by atoms with van der Waals surface area (Å²) in [6.07, 6.45) is 2.02. The van der Waals surface area contributed by atoms with E-state index in [0.29, 0.717) is 22.8 Å². The van der Waals surface area contributed by atoms with Crippen molar-refractivity contribution >= 4 is 21.6 Å². The fraction of sp³-hybridized carbons (Fsp3) is 0.286. The average molecular weight is 444 g/mol. The summed E-state index contributed by atoms with van der Waals surface area (Å²) in [5, 5.41) is 6.44. The van der Waals surface area contributed by atoms with E-state index in [2.05, 4.69) is 20.2 Å². The number of aryl methyl sites for hydroxylation is 1. The molecule has 0 bridgehead atoms. The van der Waals surface area contributed by atoms with Crippen molar-refractivity contribution < 1.29 is 22.1 Å². The highest BCUT2D eigenvalue weighted by molar-refractivity contribution is 7.89. The van der Waals surface area contributed by atoms with Gasteiger partial charge in [-0.05, 0) is 56.5 Å². The molecular weight excluding hydrogens is 423 g/mol. The predicted octanol–water partition coefficient (Wildman–Crippen LogP) is 3.37. The van der Waals surface area contributed by atoms with E-state index < -0.39 is 27.8 Å². The molecule has 1 heterocycles. The Kier molecular flexibility index (Phi) is 5.59. The quantitative estimate of drug-likeness (QED) is 0.578. The molecule has 1 aromatic heterocycles. The number of rotatable bonds is 7. The van der Waals surface area contributed by atoms with Crippen molar-refractivity contribution in [2.24, 2.45) is 0 Å². The summed E-state index contributed by atoms with van der Waals surface area (Å²) < 4.78 is 46.9. The van der Waals surface area contributed by atoms with Gasteiger partial charge in [-0.2, -0.15) is 9.71 Å². The molecule has 1 unspecified atom stereocenters. The van der Waals surface area contributed by atoms with Crippen molar-refractivity contribution in [3.8, 4) is 11.4 Å². The Morgan fingerprint density at radius 2 is 2.00 bits per heavy atom. The lowest BCUT2D eigenvalue weighted by molar-refractivity contribution is -0.117.